The van der Waals surface area contributed by atoms with Gasteiger partial charge in [-0.25, -0.2) is 4.79 Å². The van der Waals surface area contributed by atoms with E-state index < -0.39 is 5.60 Å². The van der Waals surface area contributed by atoms with Gasteiger partial charge in [-0.15, -0.1) is 0 Å². The molecule has 24 heavy (non-hydrogen) atoms. The van der Waals surface area contributed by atoms with Crippen molar-refractivity contribution in [2.75, 3.05) is 0 Å². The van der Waals surface area contributed by atoms with E-state index in [-0.39, 0.29) is 5.97 Å². The number of fused-ring (bicyclic) bond motifs is 1. The zero-order valence-electron chi connectivity index (χ0n) is 15.0. The number of rotatable bonds is 2. The topological polar surface area (TPSA) is 31.2 Å². The van der Waals surface area contributed by atoms with E-state index in [1.807, 2.05) is 38.5 Å². The van der Waals surface area contributed by atoms with Crippen LogP contribution in [-0.2, 0) is 11.8 Å². The number of aromatic nitrogens is 1. The monoisotopic (exact) mass is 391 g/mol. The molecule has 1 heterocycles. The van der Waals surface area contributed by atoms with Gasteiger partial charge in [-0.1, -0.05) is 41.3 Å². The molecular weight excluding hydrogens is 366 g/mol. The van der Waals surface area contributed by atoms with Crippen molar-refractivity contribution in [2.45, 2.75) is 64.4 Å². The minimum Gasteiger partial charge on any atom is -0.455 e. The second-order valence-corrected chi connectivity index (χ2v) is 8.65. The van der Waals surface area contributed by atoms with Crippen molar-refractivity contribution >= 4 is 32.8 Å². The summed E-state index contributed by atoms with van der Waals surface area (Å²) in [5.41, 5.74) is 2.49. The molecule has 0 N–H and O–H groups in total. The zero-order chi connectivity index (χ0) is 17.5. The molecule has 0 aliphatic heterocycles. The molecule has 0 atom stereocenters. The highest BCUT2D eigenvalue weighted by Gasteiger charge is 2.31. The van der Waals surface area contributed by atoms with Crippen molar-refractivity contribution in [3.63, 3.8) is 0 Å². The SMILES string of the molecule is Cn1c(C(=O)OC(C)(C)C)c(C2CCCCC2)c2c(Br)cccc21. The van der Waals surface area contributed by atoms with Crippen LogP contribution in [0.2, 0.25) is 0 Å². The third-order valence-electron chi connectivity index (χ3n) is 4.82. The number of benzene rings is 1. The van der Waals surface area contributed by atoms with Crippen LogP contribution in [0.5, 0.6) is 0 Å². The molecule has 130 valence electrons. The number of aryl methyl sites for hydroxylation is 1. The normalized spacial score (nSPS) is 16.5. The Morgan fingerprint density at radius 3 is 2.50 bits per heavy atom. The van der Waals surface area contributed by atoms with Crippen LogP contribution in [0, 0.1) is 0 Å². The van der Waals surface area contributed by atoms with Gasteiger partial charge in [0.15, 0.2) is 0 Å². The van der Waals surface area contributed by atoms with Crippen molar-refractivity contribution in [3.8, 4) is 0 Å². The maximum Gasteiger partial charge on any atom is 0.355 e. The Morgan fingerprint density at radius 1 is 1.21 bits per heavy atom. The molecule has 1 saturated carbocycles. The largest absolute Gasteiger partial charge is 0.455 e. The number of hydrogen-bond acceptors (Lipinski definition) is 2. The number of carbonyl (C=O) groups is 1. The van der Waals surface area contributed by atoms with Gasteiger partial charge in [0.1, 0.15) is 11.3 Å². The van der Waals surface area contributed by atoms with Gasteiger partial charge in [-0.3, -0.25) is 0 Å². The molecule has 2 aromatic rings. The average Bonchev–Trinajstić information content (AvgIpc) is 2.81. The van der Waals surface area contributed by atoms with Crippen LogP contribution in [-0.4, -0.2) is 16.1 Å². The van der Waals surface area contributed by atoms with E-state index in [0.29, 0.717) is 5.92 Å². The zero-order valence-corrected chi connectivity index (χ0v) is 16.6. The summed E-state index contributed by atoms with van der Waals surface area (Å²) >= 11 is 3.71. The predicted molar refractivity (Wildman–Crippen MR) is 102 cm³/mol. The molecule has 0 unspecified atom stereocenters. The number of ether oxygens (including phenoxy) is 1. The van der Waals surface area contributed by atoms with Gasteiger partial charge >= 0.3 is 5.97 Å². The molecule has 0 amide bonds. The quantitative estimate of drug-likeness (QED) is 0.592. The number of nitrogens with zero attached hydrogens (tertiary/aromatic N) is 1. The van der Waals surface area contributed by atoms with Crippen LogP contribution in [0.15, 0.2) is 22.7 Å². The molecule has 0 spiro atoms. The van der Waals surface area contributed by atoms with E-state index in [4.69, 9.17) is 4.74 Å². The van der Waals surface area contributed by atoms with Crippen molar-refractivity contribution in [1.82, 2.24) is 4.57 Å². The third-order valence-corrected chi connectivity index (χ3v) is 5.48. The molecule has 0 bridgehead atoms. The highest BCUT2D eigenvalue weighted by Crippen LogP contribution is 2.42. The Bertz CT molecular complexity index is 764. The maximum atomic E-state index is 13.0. The smallest absolute Gasteiger partial charge is 0.355 e. The van der Waals surface area contributed by atoms with Gasteiger partial charge in [0.25, 0.3) is 0 Å². The molecule has 1 aliphatic rings. The molecular formula is C20H26BrNO2. The molecule has 4 heteroatoms. The minimum absolute atomic E-state index is 0.214. The maximum absolute atomic E-state index is 13.0. The summed E-state index contributed by atoms with van der Waals surface area (Å²) in [6, 6.07) is 6.17. The van der Waals surface area contributed by atoms with Crippen LogP contribution < -0.4 is 0 Å². The van der Waals surface area contributed by atoms with Gasteiger partial charge < -0.3 is 9.30 Å². The average molecular weight is 392 g/mol. The van der Waals surface area contributed by atoms with Crippen molar-refractivity contribution in [3.05, 3.63) is 33.9 Å². The summed E-state index contributed by atoms with van der Waals surface area (Å²) in [5.74, 6) is 0.220. The van der Waals surface area contributed by atoms with Crippen molar-refractivity contribution < 1.29 is 9.53 Å². The number of carbonyl (C=O) groups excluding carboxylic acids is 1. The lowest BCUT2D eigenvalue weighted by molar-refractivity contribution is 0.00574. The summed E-state index contributed by atoms with van der Waals surface area (Å²) in [6.07, 6.45) is 6.06. The van der Waals surface area contributed by atoms with E-state index in [9.17, 15) is 4.79 Å². The number of halogens is 1. The fourth-order valence-electron chi connectivity index (χ4n) is 3.84. The van der Waals surface area contributed by atoms with Crippen LogP contribution in [0.3, 0.4) is 0 Å². The highest BCUT2D eigenvalue weighted by atomic mass is 79.9. The second kappa shape index (κ2) is 6.55. The first-order chi connectivity index (χ1) is 11.3. The molecule has 0 saturated heterocycles. The molecule has 3 nitrogen and oxygen atoms in total. The lowest BCUT2D eigenvalue weighted by Gasteiger charge is -2.25. The van der Waals surface area contributed by atoms with E-state index in [1.165, 1.54) is 30.2 Å². The lowest BCUT2D eigenvalue weighted by atomic mass is 9.82. The molecule has 0 radical (unpaired) electrons. The second-order valence-electron chi connectivity index (χ2n) is 7.79. The molecule has 1 fully saturated rings. The van der Waals surface area contributed by atoms with Gasteiger partial charge in [-0.05, 0) is 57.2 Å². The standard InChI is InChI=1S/C20H26BrNO2/c1-20(2,3)24-19(23)18-16(13-9-6-5-7-10-13)17-14(21)11-8-12-15(17)22(18)4/h8,11-13H,5-7,9-10H2,1-4H3. The summed E-state index contributed by atoms with van der Waals surface area (Å²) in [7, 11) is 1.97. The van der Waals surface area contributed by atoms with E-state index in [2.05, 4.69) is 28.1 Å². The van der Waals surface area contributed by atoms with Gasteiger partial charge in [0, 0.05) is 22.4 Å². The van der Waals surface area contributed by atoms with Crippen LogP contribution in [0.4, 0.5) is 0 Å². The molecule has 1 aromatic carbocycles. The van der Waals surface area contributed by atoms with Gasteiger partial charge in [-0.2, -0.15) is 0 Å². The fraction of sp³-hybridized carbons (Fsp3) is 0.550. The van der Waals surface area contributed by atoms with Crippen LogP contribution >= 0.6 is 15.9 Å². The Kier molecular flexibility index (Phi) is 4.78. The van der Waals surface area contributed by atoms with E-state index in [0.717, 1.165) is 28.5 Å². The van der Waals surface area contributed by atoms with E-state index >= 15 is 0 Å². The van der Waals surface area contributed by atoms with Crippen LogP contribution in [0.1, 0.15) is 74.8 Å². The highest BCUT2D eigenvalue weighted by molar-refractivity contribution is 9.10. The van der Waals surface area contributed by atoms with Crippen LogP contribution in [0.25, 0.3) is 10.9 Å². The summed E-state index contributed by atoms with van der Waals surface area (Å²) in [4.78, 5) is 13.0. The van der Waals surface area contributed by atoms with Gasteiger partial charge in [0.2, 0.25) is 0 Å². The third kappa shape index (κ3) is 3.26. The first kappa shape index (κ1) is 17.5. The lowest BCUT2D eigenvalue weighted by Crippen LogP contribution is -2.26. The van der Waals surface area contributed by atoms with E-state index in [1.54, 1.807) is 0 Å². The summed E-state index contributed by atoms with van der Waals surface area (Å²) in [5, 5.41) is 1.17. The Labute approximate surface area is 152 Å². The summed E-state index contributed by atoms with van der Waals surface area (Å²) in [6.45, 7) is 5.76. The molecule has 1 aliphatic carbocycles. The Morgan fingerprint density at radius 2 is 1.88 bits per heavy atom. The summed E-state index contributed by atoms with van der Waals surface area (Å²) < 4.78 is 8.80. The van der Waals surface area contributed by atoms with Crippen molar-refractivity contribution in [1.29, 1.82) is 0 Å². The Balaban J connectivity index is 2.21. The Hall–Kier alpha value is -1.29. The number of esters is 1. The molecule has 1 aromatic heterocycles. The minimum atomic E-state index is -0.491. The predicted octanol–water partition coefficient (Wildman–Crippen LogP) is 5.94. The van der Waals surface area contributed by atoms with Gasteiger partial charge in [0.05, 0.1) is 0 Å². The number of hydrogen-bond donors (Lipinski definition) is 0. The van der Waals surface area contributed by atoms with Crippen molar-refractivity contribution in [2.24, 2.45) is 7.05 Å². The fourth-order valence-corrected chi connectivity index (χ4v) is 4.41. The first-order valence-electron chi connectivity index (χ1n) is 8.79. The molecule has 3 rings (SSSR count). The first-order valence-corrected chi connectivity index (χ1v) is 9.59.